The van der Waals surface area contributed by atoms with E-state index >= 15 is 0 Å². The van der Waals surface area contributed by atoms with Crippen molar-refractivity contribution in [2.24, 2.45) is 0 Å². The summed E-state index contributed by atoms with van der Waals surface area (Å²) in [5, 5.41) is 16.1. The number of Topliss-reactive ketones (excluding diaryl/α,β-unsaturated/α-hetero) is 2. The molecule has 18 heteroatoms. The number of nitrogens with zero attached hydrogens (tertiary/aromatic N) is 4. The van der Waals surface area contributed by atoms with Gasteiger partial charge in [0.05, 0.1) is 42.6 Å². The van der Waals surface area contributed by atoms with Gasteiger partial charge in [-0.3, -0.25) is 29.1 Å². The number of fused-ring (bicyclic) bond motifs is 2. The van der Waals surface area contributed by atoms with E-state index in [-0.39, 0.29) is 60.0 Å². The number of carbonyl (C=O) groups excluding carboxylic acids is 4. The first-order chi connectivity index (χ1) is 33.2. The van der Waals surface area contributed by atoms with Crippen molar-refractivity contribution in [1.29, 1.82) is 0 Å². The van der Waals surface area contributed by atoms with Gasteiger partial charge >= 0.3 is 0 Å². The number of aromatic hydroxyl groups is 1. The number of hydrogen-bond donors (Lipinski definition) is 3. The van der Waals surface area contributed by atoms with Crippen molar-refractivity contribution in [2.75, 3.05) is 10.6 Å². The summed E-state index contributed by atoms with van der Waals surface area (Å²) >= 11 is 24.2. The number of nitrogens with one attached hydrogen (secondary N) is 2. The largest absolute Gasteiger partial charge is 0.508 e. The lowest BCUT2D eigenvalue weighted by molar-refractivity contribution is -0.113. The molecular weight excluding hydrogens is 972 g/mol. The second-order valence-electron chi connectivity index (χ2n) is 15.3. The third-order valence-corrected chi connectivity index (χ3v) is 11.7. The fourth-order valence-corrected chi connectivity index (χ4v) is 8.15. The van der Waals surface area contributed by atoms with Crippen LogP contribution in [0.4, 0.5) is 20.2 Å². The predicted octanol–water partition coefficient (Wildman–Crippen LogP) is 12.0. The van der Waals surface area contributed by atoms with E-state index in [9.17, 15) is 33.1 Å². The predicted molar refractivity (Wildman–Crippen MR) is 262 cm³/mol. The third-order valence-electron chi connectivity index (χ3n) is 10.6. The van der Waals surface area contributed by atoms with Crippen LogP contribution >= 0.6 is 46.4 Å². The molecule has 0 aliphatic heterocycles. The lowest BCUT2D eigenvalue weighted by Crippen LogP contribution is -2.23. The Labute approximate surface area is 411 Å². The van der Waals surface area contributed by atoms with Gasteiger partial charge in [0.2, 0.25) is 0 Å². The van der Waals surface area contributed by atoms with E-state index in [0.717, 1.165) is 16.7 Å². The van der Waals surface area contributed by atoms with E-state index in [1.54, 1.807) is 53.2 Å². The van der Waals surface area contributed by atoms with Crippen molar-refractivity contribution in [3.05, 3.63) is 212 Å². The van der Waals surface area contributed by atoms with Crippen LogP contribution in [0.2, 0.25) is 20.1 Å². The summed E-state index contributed by atoms with van der Waals surface area (Å²) in [6.07, 6.45) is 8.34. The molecule has 0 spiro atoms. The number of carbonyl (C=O) groups is 4. The molecule has 4 heterocycles. The number of benzene rings is 5. The molecular formula is C51H34Cl4F2N6O6. The summed E-state index contributed by atoms with van der Waals surface area (Å²) < 4.78 is 36.2. The van der Waals surface area contributed by atoms with Crippen LogP contribution in [0.15, 0.2) is 152 Å². The van der Waals surface area contributed by atoms with Crippen molar-refractivity contribution in [2.45, 2.75) is 19.7 Å². The number of aromatic nitrogens is 4. The van der Waals surface area contributed by atoms with Crippen LogP contribution in [0.25, 0.3) is 21.8 Å². The van der Waals surface area contributed by atoms with Gasteiger partial charge in [-0.25, -0.2) is 8.78 Å². The standard InChI is InChI=1S/C29H20Cl2FN3O3.C22H14Cl2FN3O3/c30-24-13-33-14-25(31)27(24)34-29(37)28(36)23-16-35(15-18-6-8-20(32)9-7-18)26-11-10-21(12-22(23)26)38-17-19-4-2-1-3-5-19;23-17-8-26-9-18(24)20(17)27-22(31)21(30)16-11-28(10-12-1-3-13(25)4-2-12)19-6-5-14(29)7-15(16)19/h1-14,16H,15,17H2,(H,33,34,37);1-9,11,29H,10H2,(H,26,27,31). The molecule has 12 nitrogen and oxygen atoms in total. The van der Waals surface area contributed by atoms with Gasteiger partial charge in [-0.2, -0.15) is 0 Å². The Balaban J connectivity index is 0.000000190. The molecule has 69 heavy (non-hydrogen) atoms. The molecule has 5 aromatic carbocycles. The van der Waals surface area contributed by atoms with E-state index < -0.39 is 23.4 Å². The van der Waals surface area contributed by atoms with E-state index in [4.69, 9.17) is 51.1 Å². The van der Waals surface area contributed by atoms with Gasteiger partial charge in [-0.15, -0.1) is 0 Å². The zero-order valence-electron chi connectivity index (χ0n) is 35.6. The van der Waals surface area contributed by atoms with Gasteiger partial charge in [0.25, 0.3) is 23.4 Å². The highest BCUT2D eigenvalue weighted by atomic mass is 35.5. The maximum Gasteiger partial charge on any atom is 0.296 e. The minimum Gasteiger partial charge on any atom is -0.508 e. The molecule has 0 atom stereocenters. The Morgan fingerprint density at radius 1 is 0.551 bits per heavy atom. The lowest BCUT2D eigenvalue weighted by Gasteiger charge is -2.09. The Morgan fingerprint density at radius 3 is 1.45 bits per heavy atom. The Morgan fingerprint density at radius 2 is 0.986 bits per heavy atom. The topological polar surface area (TPSA) is 157 Å². The normalized spacial score (nSPS) is 10.9. The Kier molecular flexibility index (Phi) is 14.7. The quantitative estimate of drug-likeness (QED) is 0.0761. The minimum absolute atomic E-state index is 0.0540. The highest BCUT2D eigenvalue weighted by Gasteiger charge is 2.26. The van der Waals surface area contributed by atoms with Crippen molar-refractivity contribution in [3.8, 4) is 11.5 Å². The zero-order chi connectivity index (χ0) is 48.8. The number of ether oxygens (including phenoxy) is 1. The number of pyridine rings is 2. The molecule has 9 rings (SSSR count). The molecule has 0 saturated heterocycles. The summed E-state index contributed by atoms with van der Waals surface area (Å²) in [6.45, 7) is 1.03. The highest BCUT2D eigenvalue weighted by Crippen LogP contribution is 2.33. The van der Waals surface area contributed by atoms with Gasteiger partial charge in [0, 0.05) is 72.1 Å². The number of ketones is 2. The first-order valence-electron chi connectivity index (χ1n) is 20.6. The number of amides is 2. The molecule has 0 unspecified atom stereocenters. The van der Waals surface area contributed by atoms with Crippen LogP contribution < -0.4 is 15.4 Å². The van der Waals surface area contributed by atoms with Crippen LogP contribution in [0, 0.1) is 11.6 Å². The molecule has 0 aliphatic carbocycles. The molecule has 0 fully saturated rings. The third kappa shape index (κ3) is 11.2. The SMILES string of the molecule is O=C(Nc1c(Cl)cncc1Cl)C(=O)c1cn(Cc2ccc(F)cc2)c2ccc(O)cc12.O=C(Nc1c(Cl)cncc1Cl)C(=O)c1cn(Cc2ccc(F)cc2)c2ccc(OCc3ccccc3)cc12. The fourth-order valence-electron chi connectivity index (χ4n) is 7.24. The van der Waals surface area contributed by atoms with Gasteiger partial charge in [0.1, 0.15) is 29.7 Å². The number of anilines is 2. The van der Waals surface area contributed by atoms with Crippen molar-refractivity contribution >= 4 is 103 Å². The average Bonchev–Trinajstić information content (AvgIpc) is 3.88. The number of halogens is 6. The second kappa shape index (κ2) is 21.1. The van der Waals surface area contributed by atoms with E-state index in [2.05, 4.69) is 20.6 Å². The summed E-state index contributed by atoms with van der Waals surface area (Å²) in [5.41, 5.74) is 4.38. The van der Waals surface area contributed by atoms with Gasteiger partial charge in [-0.05, 0) is 77.4 Å². The van der Waals surface area contributed by atoms with Crippen LogP contribution in [0.5, 0.6) is 11.5 Å². The molecule has 346 valence electrons. The molecule has 0 saturated carbocycles. The molecule has 0 aliphatic rings. The average molecular weight is 1010 g/mol. The number of hydrogen-bond acceptors (Lipinski definition) is 8. The molecule has 3 N–H and O–H groups in total. The van der Waals surface area contributed by atoms with Crippen LogP contribution in [0.3, 0.4) is 0 Å². The summed E-state index contributed by atoms with van der Waals surface area (Å²) in [6, 6.07) is 31.6. The Bertz CT molecular complexity index is 3370. The first kappa shape index (κ1) is 47.9. The summed E-state index contributed by atoms with van der Waals surface area (Å²) in [7, 11) is 0. The van der Waals surface area contributed by atoms with E-state index in [0.29, 0.717) is 47.3 Å². The van der Waals surface area contributed by atoms with Crippen LogP contribution in [-0.2, 0) is 29.3 Å². The molecule has 0 bridgehead atoms. The highest BCUT2D eigenvalue weighted by molar-refractivity contribution is 6.51. The van der Waals surface area contributed by atoms with Gasteiger partial charge in [-0.1, -0.05) is 101 Å². The van der Waals surface area contributed by atoms with Crippen molar-refractivity contribution in [1.82, 2.24) is 19.1 Å². The minimum atomic E-state index is -0.945. The molecule has 9 aromatic rings. The first-order valence-corrected chi connectivity index (χ1v) is 22.1. The van der Waals surface area contributed by atoms with Crippen LogP contribution in [0.1, 0.15) is 37.4 Å². The molecule has 4 aromatic heterocycles. The van der Waals surface area contributed by atoms with E-state index in [1.807, 2.05) is 41.0 Å². The summed E-state index contributed by atoms with van der Waals surface area (Å²) in [5.74, 6) is -3.68. The molecule has 2 amide bonds. The number of phenolic OH excluding ortho intramolecular Hbond substituents is 1. The maximum absolute atomic E-state index is 13.4. The Hall–Kier alpha value is -7.62. The number of rotatable bonds is 13. The van der Waals surface area contributed by atoms with Crippen molar-refractivity contribution in [3.63, 3.8) is 0 Å². The summed E-state index contributed by atoms with van der Waals surface area (Å²) in [4.78, 5) is 59.6. The maximum atomic E-state index is 13.4. The monoisotopic (exact) mass is 1000 g/mol. The van der Waals surface area contributed by atoms with Crippen molar-refractivity contribution < 1.29 is 37.8 Å². The number of phenols is 1. The molecule has 0 radical (unpaired) electrons. The second-order valence-corrected chi connectivity index (χ2v) is 16.9. The lowest BCUT2D eigenvalue weighted by atomic mass is 10.1. The zero-order valence-corrected chi connectivity index (χ0v) is 38.6. The van der Waals surface area contributed by atoms with Gasteiger partial charge in [0.15, 0.2) is 0 Å². The smallest absolute Gasteiger partial charge is 0.296 e. The van der Waals surface area contributed by atoms with Gasteiger partial charge < -0.3 is 29.6 Å². The fraction of sp³-hybridized carbons (Fsp3) is 0.0588. The van der Waals surface area contributed by atoms with Crippen LogP contribution in [-0.4, -0.2) is 47.6 Å². The van der Waals surface area contributed by atoms with E-state index in [1.165, 1.54) is 67.4 Å².